The van der Waals surface area contributed by atoms with E-state index in [-0.39, 0.29) is 22.8 Å². The molecular weight excluding hydrogens is 296 g/mol. The molecule has 2 aromatic rings. The van der Waals surface area contributed by atoms with Crippen LogP contribution in [0.2, 0.25) is 0 Å². The molecule has 0 amide bonds. The SMILES string of the molecule is COc1ccc(C(=O)c2ccccc2)cc1OS(=O)(=O)O. The Morgan fingerprint density at radius 2 is 1.67 bits per heavy atom. The molecule has 0 aromatic heterocycles. The van der Waals surface area contributed by atoms with Gasteiger partial charge in [0.05, 0.1) is 7.11 Å². The maximum absolute atomic E-state index is 12.3. The number of hydrogen-bond donors (Lipinski definition) is 1. The summed E-state index contributed by atoms with van der Waals surface area (Å²) in [5.41, 5.74) is 0.654. The molecule has 0 aliphatic rings. The van der Waals surface area contributed by atoms with Gasteiger partial charge in [-0.2, -0.15) is 8.42 Å². The zero-order valence-corrected chi connectivity index (χ0v) is 11.8. The predicted molar refractivity (Wildman–Crippen MR) is 75.0 cm³/mol. The second-order valence-corrected chi connectivity index (χ2v) is 5.09. The zero-order valence-electron chi connectivity index (χ0n) is 11.0. The van der Waals surface area contributed by atoms with Gasteiger partial charge in [0, 0.05) is 11.1 Å². The first kappa shape index (κ1) is 15.0. The average Bonchev–Trinajstić information content (AvgIpc) is 2.45. The summed E-state index contributed by atoms with van der Waals surface area (Å²) in [5.74, 6) is -0.488. The van der Waals surface area contributed by atoms with Gasteiger partial charge in [-0.05, 0) is 18.2 Å². The van der Waals surface area contributed by atoms with Crippen molar-refractivity contribution in [1.29, 1.82) is 0 Å². The Morgan fingerprint density at radius 1 is 1.00 bits per heavy atom. The van der Waals surface area contributed by atoms with Gasteiger partial charge in [-0.15, -0.1) is 0 Å². The van der Waals surface area contributed by atoms with Gasteiger partial charge in [-0.25, -0.2) is 0 Å². The van der Waals surface area contributed by atoms with Crippen LogP contribution in [0.15, 0.2) is 48.5 Å². The minimum Gasteiger partial charge on any atom is -0.493 e. The number of benzene rings is 2. The Labute approximate surface area is 121 Å². The summed E-state index contributed by atoms with van der Waals surface area (Å²) in [6, 6.07) is 12.5. The number of ether oxygens (including phenoxy) is 1. The largest absolute Gasteiger partial charge is 0.493 e. The monoisotopic (exact) mass is 308 g/mol. The van der Waals surface area contributed by atoms with Crippen LogP contribution in [0.3, 0.4) is 0 Å². The van der Waals surface area contributed by atoms with Gasteiger partial charge in [-0.3, -0.25) is 9.35 Å². The smallest absolute Gasteiger partial charge is 0.446 e. The second-order valence-electron chi connectivity index (χ2n) is 4.07. The molecule has 0 aliphatic carbocycles. The first-order valence-electron chi connectivity index (χ1n) is 5.85. The molecule has 0 fully saturated rings. The lowest BCUT2D eigenvalue weighted by Gasteiger charge is -2.09. The lowest BCUT2D eigenvalue weighted by atomic mass is 10.0. The van der Waals surface area contributed by atoms with Crippen LogP contribution in [0.4, 0.5) is 0 Å². The maximum atomic E-state index is 12.3. The third-order valence-electron chi connectivity index (χ3n) is 2.66. The molecule has 0 saturated carbocycles. The van der Waals surface area contributed by atoms with Crippen molar-refractivity contribution in [1.82, 2.24) is 0 Å². The van der Waals surface area contributed by atoms with Crippen LogP contribution in [0.25, 0.3) is 0 Å². The summed E-state index contributed by atoms with van der Waals surface area (Å²) < 4.78 is 39.7. The van der Waals surface area contributed by atoms with Crippen LogP contribution < -0.4 is 8.92 Å². The summed E-state index contributed by atoms with van der Waals surface area (Å²) in [7, 11) is -3.40. The fourth-order valence-electron chi connectivity index (χ4n) is 1.75. The minimum absolute atomic E-state index is 0.0808. The standard InChI is InChI=1S/C14H12O6S/c1-19-12-8-7-11(9-13(12)20-21(16,17)18)14(15)10-5-3-2-4-6-10/h2-9H,1H3,(H,16,17,18). The van der Waals surface area contributed by atoms with Crippen molar-refractivity contribution < 1.29 is 26.7 Å². The maximum Gasteiger partial charge on any atom is 0.446 e. The number of hydrogen-bond acceptors (Lipinski definition) is 5. The van der Waals surface area contributed by atoms with E-state index in [9.17, 15) is 13.2 Å². The van der Waals surface area contributed by atoms with Gasteiger partial charge in [0.15, 0.2) is 17.3 Å². The van der Waals surface area contributed by atoms with Crippen LogP contribution in [-0.4, -0.2) is 25.9 Å². The van der Waals surface area contributed by atoms with E-state index in [2.05, 4.69) is 4.18 Å². The topological polar surface area (TPSA) is 89.9 Å². The number of ketones is 1. The van der Waals surface area contributed by atoms with Crippen LogP contribution in [0, 0.1) is 0 Å². The van der Waals surface area contributed by atoms with Crippen molar-refractivity contribution in [3.05, 3.63) is 59.7 Å². The molecule has 0 saturated heterocycles. The minimum atomic E-state index is -4.71. The van der Waals surface area contributed by atoms with E-state index in [0.717, 1.165) is 0 Å². The van der Waals surface area contributed by atoms with Gasteiger partial charge in [0.25, 0.3) is 0 Å². The number of carbonyl (C=O) groups excluding carboxylic acids is 1. The highest BCUT2D eigenvalue weighted by Crippen LogP contribution is 2.29. The predicted octanol–water partition coefficient (Wildman–Crippen LogP) is 2.11. The molecule has 0 radical (unpaired) electrons. The third kappa shape index (κ3) is 3.80. The van der Waals surface area contributed by atoms with E-state index in [1.807, 2.05) is 0 Å². The molecule has 0 heterocycles. The number of rotatable bonds is 5. The molecule has 0 aliphatic heterocycles. The van der Waals surface area contributed by atoms with Crippen LogP contribution in [-0.2, 0) is 10.4 Å². The highest BCUT2D eigenvalue weighted by Gasteiger charge is 2.16. The summed E-state index contributed by atoms with van der Waals surface area (Å²) in [6.45, 7) is 0. The van der Waals surface area contributed by atoms with E-state index >= 15 is 0 Å². The molecule has 21 heavy (non-hydrogen) atoms. The van der Waals surface area contributed by atoms with Crippen molar-refractivity contribution >= 4 is 16.2 Å². The Bertz CT molecular complexity index is 752. The first-order valence-corrected chi connectivity index (χ1v) is 7.22. The van der Waals surface area contributed by atoms with E-state index in [0.29, 0.717) is 5.56 Å². The Balaban J connectivity index is 2.42. The average molecular weight is 308 g/mol. The molecule has 0 bridgehead atoms. The van der Waals surface area contributed by atoms with Crippen molar-refractivity contribution in [3.63, 3.8) is 0 Å². The first-order chi connectivity index (χ1) is 9.90. The normalized spacial score (nSPS) is 11.0. The summed E-state index contributed by atoms with van der Waals surface area (Å²) in [4.78, 5) is 12.3. The van der Waals surface area contributed by atoms with Gasteiger partial charge >= 0.3 is 10.4 Å². The number of carbonyl (C=O) groups is 1. The van der Waals surface area contributed by atoms with Gasteiger partial charge in [-0.1, -0.05) is 30.3 Å². The highest BCUT2D eigenvalue weighted by atomic mass is 32.3. The van der Waals surface area contributed by atoms with E-state index in [1.165, 1.54) is 25.3 Å². The molecule has 2 aromatic carbocycles. The lowest BCUT2D eigenvalue weighted by molar-refractivity contribution is 0.103. The zero-order chi connectivity index (χ0) is 15.5. The summed E-state index contributed by atoms with van der Waals surface area (Å²) in [6.07, 6.45) is 0. The number of methoxy groups -OCH3 is 1. The van der Waals surface area contributed by atoms with Gasteiger partial charge in [0.2, 0.25) is 0 Å². The quantitative estimate of drug-likeness (QED) is 0.672. The molecule has 6 nitrogen and oxygen atoms in total. The summed E-state index contributed by atoms with van der Waals surface area (Å²) in [5, 5.41) is 0. The Morgan fingerprint density at radius 3 is 2.24 bits per heavy atom. The van der Waals surface area contributed by atoms with E-state index in [4.69, 9.17) is 9.29 Å². The van der Waals surface area contributed by atoms with Crippen LogP contribution >= 0.6 is 0 Å². The summed E-state index contributed by atoms with van der Waals surface area (Å²) >= 11 is 0. The molecule has 0 spiro atoms. The molecular formula is C14H12O6S. The highest BCUT2D eigenvalue weighted by molar-refractivity contribution is 7.81. The van der Waals surface area contributed by atoms with Gasteiger partial charge < -0.3 is 8.92 Å². The van der Waals surface area contributed by atoms with Crippen molar-refractivity contribution in [3.8, 4) is 11.5 Å². The lowest BCUT2D eigenvalue weighted by Crippen LogP contribution is -2.09. The van der Waals surface area contributed by atoms with Crippen molar-refractivity contribution in [2.24, 2.45) is 0 Å². The van der Waals surface area contributed by atoms with E-state index < -0.39 is 10.4 Å². The van der Waals surface area contributed by atoms with Gasteiger partial charge in [0.1, 0.15) is 0 Å². The third-order valence-corrected chi connectivity index (χ3v) is 3.05. The molecule has 0 unspecified atom stereocenters. The Kier molecular flexibility index (Phi) is 4.25. The van der Waals surface area contributed by atoms with Crippen molar-refractivity contribution in [2.75, 3.05) is 7.11 Å². The molecule has 1 N–H and O–H groups in total. The molecule has 110 valence electrons. The van der Waals surface area contributed by atoms with Crippen molar-refractivity contribution in [2.45, 2.75) is 0 Å². The van der Waals surface area contributed by atoms with Crippen LogP contribution in [0.1, 0.15) is 15.9 Å². The molecule has 2 rings (SSSR count). The molecule has 7 heteroatoms. The Hall–Kier alpha value is -2.38. The second kappa shape index (κ2) is 5.94. The fourth-order valence-corrected chi connectivity index (χ4v) is 2.11. The molecule has 0 atom stereocenters. The van der Waals surface area contributed by atoms with E-state index in [1.54, 1.807) is 30.3 Å². The fraction of sp³-hybridized carbons (Fsp3) is 0.0714. The van der Waals surface area contributed by atoms with Crippen LogP contribution in [0.5, 0.6) is 11.5 Å².